The summed E-state index contributed by atoms with van der Waals surface area (Å²) in [6.45, 7) is 3.78. The van der Waals surface area contributed by atoms with E-state index >= 15 is 0 Å². The number of thiazole rings is 1. The van der Waals surface area contributed by atoms with Crippen molar-refractivity contribution in [1.29, 1.82) is 0 Å². The number of amides is 1. The number of nitrogens with zero attached hydrogens (tertiary/aromatic N) is 2. The lowest BCUT2D eigenvalue weighted by Gasteiger charge is -2.18. The molecule has 1 aromatic carbocycles. The van der Waals surface area contributed by atoms with Gasteiger partial charge in [-0.15, -0.1) is 11.3 Å². The number of hydrogen-bond acceptors (Lipinski definition) is 4. The van der Waals surface area contributed by atoms with Gasteiger partial charge >= 0.3 is 0 Å². The van der Waals surface area contributed by atoms with Gasteiger partial charge in [0, 0.05) is 24.2 Å². The number of hydrogen-bond donors (Lipinski definition) is 1. The molecule has 1 saturated heterocycles. The Kier molecular flexibility index (Phi) is 4.73. The molecule has 1 N–H and O–H groups in total. The van der Waals surface area contributed by atoms with E-state index in [1.165, 1.54) is 29.7 Å². The summed E-state index contributed by atoms with van der Waals surface area (Å²) in [7, 11) is 0. The molecular formula is C17H21N3OS. The topological polar surface area (TPSA) is 45.2 Å². The highest BCUT2D eigenvalue weighted by Crippen LogP contribution is 2.22. The van der Waals surface area contributed by atoms with Crippen LogP contribution in [0.1, 0.15) is 41.7 Å². The molecule has 0 bridgehead atoms. The number of likely N-dealkylation sites (tertiary alicyclic amines) is 1. The van der Waals surface area contributed by atoms with E-state index in [-0.39, 0.29) is 5.91 Å². The lowest BCUT2D eigenvalue weighted by atomic mass is 10.2. The second-order valence-electron chi connectivity index (χ2n) is 5.74. The van der Waals surface area contributed by atoms with E-state index in [0.29, 0.717) is 5.69 Å². The monoisotopic (exact) mass is 315 g/mol. The molecule has 0 saturated carbocycles. The van der Waals surface area contributed by atoms with Gasteiger partial charge in [-0.05, 0) is 31.9 Å². The fraction of sp³-hybridized carbons (Fsp3) is 0.412. The highest BCUT2D eigenvalue weighted by molar-refractivity contribution is 7.14. The summed E-state index contributed by atoms with van der Waals surface area (Å²) in [5, 5.41) is 5.88. The molecule has 22 heavy (non-hydrogen) atoms. The molecule has 1 aliphatic heterocycles. The number of aryl methyl sites for hydroxylation is 1. The summed E-state index contributed by atoms with van der Waals surface area (Å²) < 4.78 is 0. The number of aromatic nitrogens is 1. The Morgan fingerprint density at radius 2 is 1.82 bits per heavy atom. The second-order valence-corrected chi connectivity index (χ2v) is 6.59. The SMILES string of the molecule is Cc1ccc(Nc2nc(C(=O)N3CCCCCC3)cs2)cc1. The zero-order valence-corrected chi connectivity index (χ0v) is 13.7. The molecule has 116 valence electrons. The minimum Gasteiger partial charge on any atom is -0.337 e. The maximum Gasteiger partial charge on any atom is 0.273 e. The molecular weight excluding hydrogens is 294 g/mol. The molecule has 2 aromatic rings. The van der Waals surface area contributed by atoms with Gasteiger partial charge in [-0.1, -0.05) is 30.5 Å². The minimum atomic E-state index is 0.0649. The molecule has 3 rings (SSSR count). The van der Waals surface area contributed by atoms with Crippen molar-refractivity contribution in [2.45, 2.75) is 32.6 Å². The summed E-state index contributed by atoms with van der Waals surface area (Å²) >= 11 is 1.48. The second kappa shape index (κ2) is 6.92. The van der Waals surface area contributed by atoms with E-state index in [2.05, 4.69) is 29.4 Å². The van der Waals surface area contributed by atoms with Crippen LogP contribution in [0.3, 0.4) is 0 Å². The van der Waals surface area contributed by atoms with Crippen LogP contribution in [0, 0.1) is 6.92 Å². The molecule has 0 aliphatic carbocycles. The van der Waals surface area contributed by atoms with Crippen molar-refractivity contribution < 1.29 is 4.79 Å². The van der Waals surface area contributed by atoms with E-state index in [1.54, 1.807) is 0 Å². The van der Waals surface area contributed by atoms with Crippen molar-refractivity contribution in [1.82, 2.24) is 9.88 Å². The van der Waals surface area contributed by atoms with E-state index in [0.717, 1.165) is 36.8 Å². The van der Waals surface area contributed by atoms with Crippen LogP contribution in [0.25, 0.3) is 0 Å². The molecule has 1 aromatic heterocycles. The van der Waals surface area contributed by atoms with Gasteiger partial charge in [0.15, 0.2) is 5.13 Å². The standard InChI is InChI=1S/C17H21N3OS/c1-13-6-8-14(9-7-13)18-17-19-15(12-22-17)16(21)20-10-4-2-3-5-11-20/h6-9,12H,2-5,10-11H2,1H3,(H,18,19). The first-order valence-electron chi connectivity index (χ1n) is 7.81. The summed E-state index contributed by atoms with van der Waals surface area (Å²) in [6.07, 6.45) is 4.65. The van der Waals surface area contributed by atoms with Crippen molar-refractivity contribution in [3.05, 3.63) is 40.9 Å². The highest BCUT2D eigenvalue weighted by Gasteiger charge is 2.19. The normalized spacial score (nSPS) is 15.4. The fourth-order valence-corrected chi connectivity index (χ4v) is 3.33. The van der Waals surface area contributed by atoms with Crippen molar-refractivity contribution >= 4 is 28.1 Å². The van der Waals surface area contributed by atoms with Crippen molar-refractivity contribution in [2.24, 2.45) is 0 Å². The van der Waals surface area contributed by atoms with Crippen LogP contribution < -0.4 is 5.32 Å². The molecule has 4 nitrogen and oxygen atoms in total. The van der Waals surface area contributed by atoms with Gasteiger partial charge in [0.05, 0.1) is 0 Å². The van der Waals surface area contributed by atoms with E-state index in [9.17, 15) is 4.79 Å². The largest absolute Gasteiger partial charge is 0.337 e. The van der Waals surface area contributed by atoms with Crippen LogP contribution in [0.5, 0.6) is 0 Å². The zero-order chi connectivity index (χ0) is 15.4. The third kappa shape index (κ3) is 3.65. The van der Waals surface area contributed by atoms with Gasteiger partial charge < -0.3 is 10.2 Å². The Balaban J connectivity index is 1.67. The molecule has 1 fully saturated rings. The van der Waals surface area contributed by atoms with E-state index in [1.807, 2.05) is 22.4 Å². The van der Waals surface area contributed by atoms with Crippen LogP contribution in [0.4, 0.5) is 10.8 Å². The smallest absolute Gasteiger partial charge is 0.273 e. The Morgan fingerprint density at radius 3 is 2.50 bits per heavy atom. The molecule has 2 heterocycles. The van der Waals surface area contributed by atoms with Gasteiger partial charge in [0.1, 0.15) is 5.69 Å². The average Bonchev–Trinajstić information content (AvgIpc) is 2.82. The maximum atomic E-state index is 12.5. The third-order valence-electron chi connectivity index (χ3n) is 3.92. The Morgan fingerprint density at radius 1 is 1.14 bits per heavy atom. The zero-order valence-electron chi connectivity index (χ0n) is 12.8. The highest BCUT2D eigenvalue weighted by atomic mass is 32.1. The lowest BCUT2D eigenvalue weighted by Crippen LogP contribution is -2.32. The average molecular weight is 315 g/mol. The molecule has 1 aliphatic rings. The Labute approximate surface area is 135 Å². The van der Waals surface area contributed by atoms with Gasteiger partial charge in [-0.2, -0.15) is 0 Å². The van der Waals surface area contributed by atoms with Gasteiger partial charge in [-0.25, -0.2) is 4.98 Å². The molecule has 0 spiro atoms. The third-order valence-corrected chi connectivity index (χ3v) is 4.68. The summed E-state index contributed by atoms with van der Waals surface area (Å²) in [4.78, 5) is 18.9. The van der Waals surface area contributed by atoms with Crippen molar-refractivity contribution in [2.75, 3.05) is 18.4 Å². The van der Waals surface area contributed by atoms with Crippen molar-refractivity contribution in [3.63, 3.8) is 0 Å². The maximum absolute atomic E-state index is 12.5. The Bertz CT molecular complexity index is 628. The molecule has 0 atom stereocenters. The number of anilines is 2. The fourth-order valence-electron chi connectivity index (χ4n) is 2.63. The first kappa shape index (κ1) is 15.0. The van der Waals surface area contributed by atoms with Crippen molar-refractivity contribution in [3.8, 4) is 0 Å². The quantitative estimate of drug-likeness (QED) is 0.922. The minimum absolute atomic E-state index is 0.0649. The van der Waals surface area contributed by atoms with Crippen LogP contribution in [0.15, 0.2) is 29.6 Å². The first-order valence-corrected chi connectivity index (χ1v) is 8.69. The molecule has 1 amide bonds. The molecule has 0 unspecified atom stereocenters. The van der Waals surface area contributed by atoms with Gasteiger partial charge in [0.2, 0.25) is 0 Å². The van der Waals surface area contributed by atoms with E-state index < -0.39 is 0 Å². The number of nitrogens with one attached hydrogen (secondary N) is 1. The predicted molar refractivity (Wildman–Crippen MR) is 90.9 cm³/mol. The first-order chi connectivity index (χ1) is 10.7. The van der Waals surface area contributed by atoms with Crippen LogP contribution >= 0.6 is 11.3 Å². The Hall–Kier alpha value is -1.88. The number of carbonyl (C=O) groups is 1. The molecule has 0 radical (unpaired) electrons. The number of rotatable bonds is 3. The van der Waals surface area contributed by atoms with Gasteiger partial charge in [0.25, 0.3) is 5.91 Å². The van der Waals surface area contributed by atoms with Crippen LogP contribution in [-0.4, -0.2) is 28.9 Å². The lowest BCUT2D eigenvalue weighted by molar-refractivity contribution is 0.0756. The molecule has 5 heteroatoms. The summed E-state index contributed by atoms with van der Waals surface area (Å²) in [6, 6.07) is 8.15. The van der Waals surface area contributed by atoms with Crippen LogP contribution in [-0.2, 0) is 0 Å². The number of benzene rings is 1. The van der Waals surface area contributed by atoms with Crippen LogP contribution in [0.2, 0.25) is 0 Å². The summed E-state index contributed by atoms with van der Waals surface area (Å²) in [5.41, 5.74) is 2.77. The number of carbonyl (C=O) groups excluding carboxylic acids is 1. The van der Waals surface area contributed by atoms with E-state index in [4.69, 9.17) is 0 Å². The summed E-state index contributed by atoms with van der Waals surface area (Å²) in [5.74, 6) is 0.0649. The van der Waals surface area contributed by atoms with Gasteiger partial charge in [-0.3, -0.25) is 4.79 Å². The predicted octanol–water partition coefficient (Wildman–Crippen LogP) is 4.21.